The number of benzene rings is 2. The first-order chi connectivity index (χ1) is 9.19. The van der Waals surface area contributed by atoms with Crippen LogP contribution in [-0.4, -0.2) is 16.7 Å². The molecule has 3 nitrogen and oxygen atoms in total. The zero-order valence-corrected chi connectivity index (χ0v) is 12.6. The average molecular weight is 335 g/mol. The summed E-state index contributed by atoms with van der Waals surface area (Å²) in [7, 11) is 1.65. The molecule has 3 rings (SSSR count). The van der Waals surface area contributed by atoms with Crippen molar-refractivity contribution in [1.29, 1.82) is 0 Å². The zero-order chi connectivity index (χ0) is 13.4. The molecule has 0 aliphatic heterocycles. The highest BCUT2D eigenvalue weighted by atomic mass is 79.9. The normalized spacial score (nSPS) is 10.8. The monoisotopic (exact) mass is 334 g/mol. The number of ether oxygens (including phenoxy) is 1. The van der Waals surface area contributed by atoms with Crippen LogP contribution in [-0.2, 0) is 0 Å². The van der Waals surface area contributed by atoms with Crippen LogP contribution in [0, 0.1) is 4.77 Å². The van der Waals surface area contributed by atoms with Gasteiger partial charge in [-0.3, -0.25) is 4.57 Å². The fourth-order valence-electron chi connectivity index (χ4n) is 2.09. The van der Waals surface area contributed by atoms with Gasteiger partial charge in [0, 0.05) is 16.2 Å². The van der Waals surface area contributed by atoms with Crippen LogP contribution in [0.15, 0.2) is 46.9 Å². The predicted octanol–water partition coefficient (Wildman–Crippen LogP) is 4.46. The standard InChI is InChI=1S/C14H11BrN2OS/c1-18-11-5-6-13-12(8-11)16-14(19)17(13)10-4-2-3-9(15)7-10/h2-8H,1H3,(H,16,19). The molecule has 0 saturated heterocycles. The third-order valence-corrected chi connectivity index (χ3v) is 3.73. The Labute approximate surface area is 124 Å². The number of hydrogen-bond donors (Lipinski definition) is 1. The van der Waals surface area contributed by atoms with Crippen molar-refractivity contribution in [2.24, 2.45) is 0 Å². The van der Waals surface area contributed by atoms with E-state index in [0.29, 0.717) is 4.77 Å². The maximum atomic E-state index is 5.41. The first kappa shape index (κ1) is 12.4. The van der Waals surface area contributed by atoms with Crippen LogP contribution in [0.5, 0.6) is 5.75 Å². The highest BCUT2D eigenvalue weighted by molar-refractivity contribution is 9.10. The van der Waals surface area contributed by atoms with E-state index >= 15 is 0 Å². The van der Waals surface area contributed by atoms with E-state index in [-0.39, 0.29) is 0 Å². The second kappa shape index (κ2) is 4.83. The van der Waals surface area contributed by atoms with E-state index in [0.717, 1.165) is 26.9 Å². The summed E-state index contributed by atoms with van der Waals surface area (Å²) in [5.41, 5.74) is 3.02. The minimum atomic E-state index is 0.668. The number of rotatable bonds is 2. The van der Waals surface area contributed by atoms with Crippen molar-refractivity contribution in [3.63, 3.8) is 0 Å². The number of imidazole rings is 1. The lowest BCUT2D eigenvalue weighted by Gasteiger charge is -2.05. The lowest BCUT2D eigenvalue weighted by molar-refractivity contribution is 0.415. The van der Waals surface area contributed by atoms with Crippen LogP contribution in [0.1, 0.15) is 0 Å². The van der Waals surface area contributed by atoms with Crippen LogP contribution in [0.3, 0.4) is 0 Å². The SMILES string of the molecule is COc1ccc2c(c1)[nH]c(=S)n2-c1cccc(Br)c1. The Morgan fingerprint density at radius 3 is 2.79 bits per heavy atom. The minimum absolute atomic E-state index is 0.668. The summed E-state index contributed by atoms with van der Waals surface area (Å²) in [4.78, 5) is 3.20. The molecule has 1 N–H and O–H groups in total. The first-order valence-corrected chi connectivity index (χ1v) is 6.94. The van der Waals surface area contributed by atoms with Gasteiger partial charge in [0.05, 0.1) is 18.1 Å². The molecule has 0 aliphatic rings. The highest BCUT2D eigenvalue weighted by Crippen LogP contribution is 2.24. The van der Waals surface area contributed by atoms with Crippen LogP contribution in [0.2, 0.25) is 0 Å². The maximum absolute atomic E-state index is 5.41. The number of nitrogens with one attached hydrogen (secondary N) is 1. The van der Waals surface area contributed by atoms with Gasteiger partial charge in [-0.15, -0.1) is 0 Å². The maximum Gasteiger partial charge on any atom is 0.182 e. The van der Waals surface area contributed by atoms with E-state index in [1.807, 2.05) is 47.0 Å². The number of H-pyrrole nitrogens is 1. The van der Waals surface area contributed by atoms with E-state index in [2.05, 4.69) is 20.9 Å². The van der Waals surface area contributed by atoms with E-state index in [1.165, 1.54) is 0 Å². The predicted molar refractivity (Wildman–Crippen MR) is 82.7 cm³/mol. The topological polar surface area (TPSA) is 29.9 Å². The molecule has 3 aromatic rings. The molecule has 0 saturated carbocycles. The Morgan fingerprint density at radius 1 is 1.21 bits per heavy atom. The Hall–Kier alpha value is -1.59. The molecular formula is C14H11BrN2OS. The Bertz CT molecular complexity index is 807. The lowest BCUT2D eigenvalue weighted by Crippen LogP contribution is -1.93. The van der Waals surface area contributed by atoms with Gasteiger partial charge in [0.25, 0.3) is 0 Å². The van der Waals surface area contributed by atoms with Gasteiger partial charge in [-0.1, -0.05) is 22.0 Å². The molecule has 0 bridgehead atoms. The van der Waals surface area contributed by atoms with Crippen LogP contribution < -0.4 is 4.74 Å². The fourth-order valence-corrected chi connectivity index (χ4v) is 2.79. The van der Waals surface area contributed by atoms with Crippen molar-refractivity contribution < 1.29 is 4.74 Å². The Balaban J connectivity index is 2.29. The second-order valence-corrected chi connectivity index (χ2v) is 5.43. The molecule has 1 heterocycles. The van der Waals surface area contributed by atoms with Crippen LogP contribution >= 0.6 is 28.1 Å². The van der Waals surface area contributed by atoms with Gasteiger partial charge in [-0.05, 0) is 42.5 Å². The summed E-state index contributed by atoms with van der Waals surface area (Å²) in [6.07, 6.45) is 0. The molecule has 0 fully saturated rings. The summed E-state index contributed by atoms with van der Waals surface area (Å²) < 4.78 is 8.93. The minimum Gasteiger partial charge on any atom is -0.497 e. The fraction of sp³-hybridized carbons (Fsp3) is 0.0714. The summed E-state index contributed by atoms with van der Waals surface area (Å²) in [5.74, 6) is 0.810. The molecule has 0 radical (unpaired) electrons. The summed E-state index contributed by atoms with van der Waals surface area (Å²) in [5, 5.41) is 0. The Morgan fingerprint density at radius 2 is 2.05 bits per heavy atom. The van der Waals surface area contributed by atoms with Gasteiger partial charge < -0.3 is 9.72 Å². The van der Waals surface area contributed by atoms with Crippen LogP contribution in [0.25, 0.3) is 16.7 Å². The van der Waals surface area contributed by atoms with Gasteiger partial charge in [-0.2, -0.15) is 0 Å². The number of fused-ring (bicyclic) bond motifs is 1. The number of aromatic nitrogens is 2. The summed E-state index contributed by atoms with van der Waals surface area (Å²) in [6, 6.07) is 13.9. The molecule has 0 amide bonds. The Kier molecular flexibility index (Phi) is 3.16. The van der Waals surface area contributed by atoms with Crippen molar-refractivity contribution in [3.05, 3.63) is 51.7 Å². The molecule has 96 valence electrons. The van der Waals surface area contributed by atoms with Gasteiger partial charge in [0.1, 0.15) is 5.75 Å². The third kappa shape index (κ3) is 2.19. The molecule has 2 aromatic carbocycles. The number of aromatic amines is 1. The average Bonchev–Trinajstić information content (AvgIpc) is 2.73. The van der Waals surface area contributed by atoms with Crippen molar-refractivity contribution >= 4 is 39.2 Å². The van der Waals surface area contributed by atoms with Crippen LogP contribution in [0.4, 0.5) is 0 Å². The largest absolute Gasteiger partial charge is 0.497 e. The number of nitrogens with zero attached hydrogens (tertiary/aromatic N) is 1. The molecule has 0 unspecified atom stereocenters. The lowest BCUT2D eigenvalue weighted by atomic mass is 10.2. The molecule has 5 heteroatoms. The first-order valence-electron chi connectivity index (χ1n) is 5.74. The molecule has 1 aromatic heterocycles. The number of hydrogen-bond acceptors (Lipinski definition) is 2. The van der Waals surface area contributed by atoms with E-state index in [1.54, 1.807) is 7.11 Å². The van der Waals surface area contributed by atoms with Gasteiger partial charge in [0.15, 0.2) is 4.77 Å². The second-order valence-electron chi connectivity index (χ2n) is 4.13. The van der Waals surface area contributed by atoms with Crippen molar-refractivity contribution in [2.45, 2.75) is 0 Å². The summed E-state index contributed by atoms with van der Waals surface area (Å²) in [6.45, 7) is 0. The molecule has 0 atom stereocenters. The number of halogens is 1. The van der Waals surface area contributed by atoms with E-state index in [9.17, 15) is 0 Å². The molecule has 0 aliphatic carbocycles. The smallest absolute Gasteiger partial charge is 0.182 e. The molecule has 19 heavy (non-hydrogen) atoms. The van der Waals surface area contributed by atoms with Gasteiger partial charge in [0.2, 0.25) is 0 Å². The van der Waals surface area contributed by atoms with Gasteiger partial charge >= 0.3 is 0 Å². The van der Waals surface area contributed by atoms with Gasteiger partial charge in [-0.25, -0.2) is 0 Å². The molecular weight excluding hydrogens is 324 g/mol. The van der Waals surface area contributed by atoms with Crippen molar-refractivity contribution in [3.8, 4) is 11.4 Å². The third-order valence-electron chi connectivity index (χ3n) is 2.96. The zero-order valence-electron chi connectivity index (χ0n) is 10.2. The molecule has 0 spiro atoms. The number of methoxy groups -OCH3 is 1. The van der Waals surface area contributed by atoms with Crippen molar-refractivity contribution in [1.82, 2.24) is 9.55 Å². The quantitative estimate of drug-likeness (QED) is 0.701. The highest BCUT2D eigenvalue weighted by Gasteiger charge is 2.07. The van der Waals surface area contributed by atoms with E-state index < -0.39 is 0 Å². The van der Waals surface area contributed by atoms with E-state index in [4.69, 9.17) is 17.0 Å². The summed E-state index contributed by atoms with van der Waals surface area (Å²) >= 11 is 8.89. The van der Waals surface area contributed by atoms with Crippen molar-refractivity contribution in [2.75, 3.05) is 7.11 Å².